The van der Waals surface area contributed by atoms with Gasteiger partial charge in [-0.15, -0.1) is 0 Å². The molecule has 150 valence electrons. The van der Waals surface area contributed by atoms with Crippen molar-refractivity contribution in [3.63, 3.8) is 0 Å². The lowest BCUT2D eigenvalue weighted by atomic mass is 10.1. The predicted molar refractivity (Wildman–Crippen MR) is 103 cm³/mol. The van der Waals surface area contributed by atoms with Crippen LogP contribution in [0.15, 0.2) is 36.4 Å². The fourth-order valence-corrected chi connectivity index (χ4v) is 2.98. The minimum atomic E-state index is -0.925. The van der Waals surface area contributed by atoms with Crippen molar-refractivity contribution in [2.75, 3.05) is 37.6 Å². The third-order valence-corrected chi connectivity index (χ3v) is 4.31. The second-order valence-corrected chi connectivity index (χ2v) is 6.00. The maximum absolute atomic E-state index is 12.6. The quantitative estimate of drug-likeness (QED) is 0.582. The normalized spacial score (nSPS) is 12.5. The van der Waals surface area contributed by atoms with Crippen molar-refractivity contribution in [2.24, 2.45) is 0 Å². The van der Waals surface area contributed by atoms with E-state index >= 15 is 0 Å². The lowest BCUT2D eigenvalue weighted by Crippen LogP contribution is -2.44. The van der Waals surface area contributed by atoms with E-state index in [-0.39, 0.29) is 35.1 Å². The van der Waals surface area contributed by atoms with E-state index in [9.17, 15) is 19.2 Å². The molecular formula is C20H18N2O7. The summed E-state index contributed by atoms with van der Waals surface area (Å²) < 4.78 is 15.4. The maximum atomic E-state index is 12.6. The molecule has 2 aromatic carbocycles. The van der Waals surface area contributed by atoms with Crippen LogP contribution in [0.1, 0.15) is 20.7 Å². The number of hydrogen-bond donors (Lipinski definition) is 1. The number of rotatable bonds is 6. The summed E-state index contributed by atoms with van der Waals surface area (Å²) in [5.41, 5.74) is 0.871. The van der Waals surface area contributed by atoms with Gasteiger partial charge in [-0.25, -0.2) is 4.79 Å². The molecule has 9 nitrogen and oxygen atoms in total. The Kier molecular flexibility index (Phi) is 5.77. The Morgan fingerprint density at radius 1 is 1.14 bits per heavy atom. The molecule has 1 aliphatic rings. The first-order chi connectivity index (χ1) is 14.0. The van der Waals surface area contributed by atoms with Gasteiger partial charge < -0.3 is 19.5 Å². The average Bonchev–Trinajstić information content (AvgIpc) is 2.75. The van der Waals surface area contributed by atoms with Crippen LogP contribution >= 0.6 is 0 Å². The number of carbonyl (C=O) groups excluding carboxylic acids is 4. The van der Waals surface area contributed by atoms with Gasteiger partial charge >= 0.3 is 5.97 Å². The predicted octanol–water partition coefficient (Wildman–Crippen LogP) is 1.66. The molecule has 0 radical (unpaired) electrons. The van der Waals surface area contributed by atoms with Gasteiger partial charge in [-0.05, 0) is 24.3 Å². The van der Waals surface area contributed by atoms with Gasteiger partial charge in [0.25, 0.3) is 5.91 Å². The van der Waals surface area contributed by atoms with Crippen LogP contribution in [0.3, 0.4) is 0 Å². The first-order valence-electron chi connectivity index (χ1n) is 8.56. The number of hydrogen-bond acceptors (Lipinski definition) is 7. The average molecular weight is 398 g/mol. The van der Waals surface area contributed by atoms with Crippen LogP contribution in [-0.4, -0.2) is 51.4 Å². The summed E-state index contributed by atoms with van der Waals surface area (Å²) in [7, 11) is 2.70. The molecule has 0 aliphatic carbocycles. The summed E-state index contributed by atoms with van der Waals surface area (Å²) in [6.07, 6.45) is 0.478. The zero-order valence-corrected chi connectivity index (χ0v) is 15.8. The van der Waals surface area contributed by atoms with Gasteiger partial charge in [-0.2, -0.15) is 0 Å². The van der Waals surface area contributed by atoms with E-state index < -0.39 is 18.5 Å². The molecule has 3 rings (SSSR count). The Morgan fingerprint density at radius 3 is 2.59 bits per heavy atom. The topological polar surface area (TPSA) is 111 Å². The molecule has 0 unspecified atom stereocenters. The number of ether oxygens (including phenoxy) is 3. The minimum Gasteiger partial charge on any atom is -0.493 e. The highest BCUT2D eigenvalue weighted by molar-refractivity contribution is 6.11. The van der Waals surface area contributed by atoms with E-state index in [1.807, 2.05) is 0 Å². The standard InChI is InChI=1S/C20H18N2O7/c1-27-15-8-7-12(10-23)18(19(15)28-2)20(26)29-11-17(25)22-9-16(24)21-13-5-3-4-6-14(13)22/h3-8,10H,9,11H2,1-2H3,(H,21,24). The van der Waals surface area contributed by atoms with E-state index in [0.29, 0.717) is 17.7 Å². The second kappa shape index (κ2) is 8.42. The number of esters is 1. The number of nitrogens with one attached hydrogen (secondary N) is 1. The van der Waals surface area contributed by atoms with Crippen LogP contribution in [0, 0.1) is 0 Å². The number of nitrogens with zero attached hydrogens (tertiary/aromatic N) is 1. The Labute approximate surface area is 166 Å². The number of fused-ring (bicyclic) bond motifs is 1. The molecule has 0 saturated carbocycles. The number of carbonyl (C=O) groups is 4. The highest BCUT2D eigenvalue weighted by Crippen LogP contribution is 2.34. The van der Waals surface area contributed by atoms with E-state index in [1.54, 1.807) is 24.3 Å². The van der Waals surface area contributed by atoms with Gasteiger partial charge in [0.15, 0.2) is 24.4 Å². The number of anilines is 2. The van der Waals surface area contributed by atoms with Crippen LogP contribution in [0.25, 0.3) is 0 Å². The monoisotopic (exact) mass is 398 g/mol. The summed E-state index contributed by atoms with van der Waals surface area (Å²) >= 11 is 0. The van der Waals surface area contributed by atoms with E-state index in [1.165, 1.54) is 31.3 Å². The van der Waals surface area contributed by atoms with E-state index in [2.05, 4.69) is 5.32 Å². The summed E-state index contributed by atoms with van der Waals surface area (Å²) in [4.78, 5) is 49.6. The number of benzene rings is 2. The molecule has 0 fully saturated rings. The molecule has 2 amide bonds. The van der Waals surface area contributed by atoms with E-state index in [0.717, 1.165) is 0 Å². The fourth-order valence-electron chi connectivity index (χ4n) is 2.98. The van der Waals surface area contributed by atoms with Crippen molar-refractivity contribution in [2.45, 2.75) is 0 Å². The Morgan fingerprint density at radius 2 is 1.90 bits per heavy atom. The molecular weight excluding hydrogens is 380 g/mol. The highest BCUT2D eigenvalue weighted by Gasteiger charge is 2.28. The van der Waals surface area contributed by atoms with Gasteiger partial charge in [-0.1, -0.05) is 12.1 Å². The fraction of sp³-hybridized carbons (Fsp3) is 0.200. The number of para-hydroxylation sites is 2. The van der Waals surface area contributed by atoms with Crippen LogP contribution < -0.4 is 19.7 Å². The van der Waals surface area contributed by atoms with Crippen LogP contribution in [0.5, 0.6) is 11.5 Å². The molecule has 9 heteroatoms. The van der Waals surface area contributed by atoms with Crippen molar-refractivity contribution >= 4 is 35.4 Å². The zero-order valence-electron chi connectivity index (χ0n) is 15.8. The SMILES string of the molecule is COc1ccc(C=O)c(C(=O)OCC(=O)N2CC(=O)Nc3ccccc32)c1OC. The first kappa shape index (κ1) is 19.9. The Hall–Kier alpha value is -3.88. The Bertz CT molecular complexity index is 987. The first-order valence-corrected chi connectivity index (χ1v) is 8.56. The van der Waals surface area contributed by atoms with Crippen molar-refractivity contribution in [3.8, 4) is 11.5 Å². The number of methoxy groups -OCH3 is 2. The number of aldehydes is 1. The summed E-state index contributed by atoms with van der Waals surface area (Å²) in [6.45, 7) is -0.825. The molecule has 2 aromatic rings. The third kappa shape index (κ3) is 3.88. The van der Waals surface area contributed by atoms with Crippen LogP contribution in [0.2, 0.25) is 0 Å². The summed E-state index contributed by atoms with van der Waals surface area (Å²) in [5.74, 6) is -1.61. The minimum absolute atomic E-state index is 0.0252. The second-order valence-electron chi connectivity index (χ2n) is 6.00. The molecule has 0 saturated heterocycles. The molecule has 1 heterocycles. The third-order valence-electron chi connectivity index (χ3n) is 4.31. The molecule has 1 aliphatic heterocycles. The Balaban J connectivity index is 1.81. The van der Waals surface area contributed by atoms with E-state index in [4.69, 9.17) is 14.2 Å². The van der Waals surface area contributed by atoms with Gasteiger partial charge in [0.1, 0.15) is 12.1 Å². The highest BCUT2D eigenvalue weighted by atomic mass is 16.5. The largest absolute Gasteiger partial charge is 0.493 e. The zero-order chi connectivity index (χ0) is 21.0. The molecule has 0 spiro atoms. The van der Waals surface area contributed by atoms with Crippen molar-refractivity contribution < 1.29 is 33.4 Å². The molecule has 1 N–H and O–H groups in total. The van der Waals surface area contributed by atoms with Crippen molar-refractivity contribution in [1.82, 2.24) is 0 Å². The lowest BCUT2D eigenvalue weighted by molar-refractivity contribution is -0.124. The van der Waals surface area contributed by atoms with Crippen LogP contribution in [-0.2, 0) is 14.3 Å². The van der Waals surface area contributed by atoms with Gasteiger partial charge in [0.05, 0.1) is 25.6 Å². The van der Waals surface area contributed by atoms with Gasteiger partial charge in [0.2, 0.25) is 5.91 Å². The molecule has 0 bridgehead atoms. The van der Waals surface area contributed by atoms with Crippen molar-refractivity contribution in [1.29, 1.82) is 0 Å². The number of amides is 2. The van der Waals surface area contributed by atoms with Gasteiger partial charge in [0, 0.05) is 5.56 Å². The van der Waals surface area contributed by atoms with Gasteiger partial charge in [-0.3, -0.25) is 19.3 Å². The lowest BCUT2D eigenvalue weighted by Gasteiger charge is -2.28. The van der Waals surface area contributed by atoms with Crippen molar-refractivity contribution in [3.05, 3.63) is 47.5 Å². The molecule has 0 aromatic heterocycles. The summed E-state index contributed by atoms with van der Waals surface area (Å²) in [5, 5.41) is 2.67. The molecule has 29 heavy (non-hydrogen) atoms. The smallest absolute Gasteiger partial charge is 0.343 e. The summed E-state index contributed by atoms with van der Waals surface area (Å²) in [6, 6.07) is 9.65. The maximum Gasteiger partial charge on any atom is 0.343 e. The molecule has 0 atom stereocenters. The van der Waals surface area contributed by atoms with Crippen LogP contribution in [0.4, 0.5) is 11.4 Å².